The molecule has 0 aliphatic heterocycles. The monoisotopic (exact) mass is 193 g/mol. The first kappa shape index (κ1) is 9.62. The molecule has 1 fully saturated rings. The number of hydrogen-bond acceptors (Lipinski definition) is 1. The molecule has 0 bridgehead atoms. The van der Waals surface area contributed by atoms with E-state index >= 15 is 0 Å². The van der Waals surface area contributed by atoms with E-state index in [0.717, 1.165) is 0 Å². The largest absolute Gasteiger partial charge is 0.280 e. The van der Waals surface area contributed by atoms with Crippen LogP contribution in [0.3, 0.4) is 0 Å². The number of nitrogens with one attached hydrogen (secondary N) is 1. The summed E-state index contributed by atoms with van der Waals surface area (Å²) in [5.41, 5.74) is 11.1. The third-order valence-electron chi connectivity index (χ3n) is 1.99. The van der Waals surface area contributed by atoms with Crippen LogP contribution in [0.1, 0.15) is 32.1 Å². The maximum absolute atomic E-state index is 5.56. The van der Waals surface area contributed by atoms with Crippen molar-refractivity contribution in [2.24, 2.45) is 11.0 Å². The van der Waals surface area contributed by atoms with E-state index in [1.165, 1.54) is 32.1 Å². The zero-order valence-electron chi connectivity index (χ0n) is 6.62. The van der Waals surface area contributed by atoms with Gasteiger partial charge < -0.3 is 0 Å². The van der Waals surface area contributed by atoms with Crippen molar-refractivity contribution in [2.45, 2.75) is 38.1 Å². The highest BCUT2D eigenvalue weighted by Gasteiger charge is 2.16. The van der Waals surface area contributed by atoms with Gasteiger partial charge in [-0.15, -0.1) is 0 Å². The van der Waals surface area contributed by atoms with Crippen LogP contribution in [0.4, 0.5) is 0 Å². The maximum Gasteiger partial charge on any atom is 0.132 e. The van der Waals surface area contributed by atoms with Crippen LogP contribution in [0, 0.1) is 0 Å². The van der Waals surface area contributed by atoms with Gasteiger partial charge in [-0.05, 0) is 24.6 Å². The van der Waals surface area contributed by atoms with E-state index in [0.29, 0.717) is 6.04 Å². The van der Waals surface area contributed by atoms with E-state index in [-0.39, 0.29) is 0 Å². The SMILES string of the molecule is NP(N)(=S)NC1CCCCC1. The second-order valence-corrected chi connectivity index (χ2v) is 6.66. The first-order chi connectivity index (χ1) is 5.08. The highest BCUT2D eigenvalue weighted by molar-refractivity contribution is 8.11. The first-order valence-electron chi connectivity index (χ1n) is 4.03. The van der Waals surface area contributed by atoms with Gasteiger partial charge in [-0.25, -0.2) is 0 Å². The second kappa shape index (κ2) is 3.97. The van der Waals surface area contributed by atoms with Gasteiger partial charge in [0.25, 0.3) is 0 Å². The highest BCUT2D eigenvalue weighted by atomic mass is 32.4. The summed E-state index contributed by atoms with van der Waals surface area (Å²) in [6.07, 6.45) is 6.29. The summed E-state index contributed by atoms with van der Waals surface area (Å²) < 4.78 is 0. The van der Waals surface area contributed by atoms with Crippen LogP contribution < -0.4 is 16.1 Å². The van der Waals surface area contributed by atoms with E-state index < -0.39 is 6.49 Å². The lowest BCUT2D eigenvalue weighted by Gasteiger charge is -2.26. The normalized spacial score (nSPS) is 22.0. The Labute approximate surface area is 73.1 Å². The van der Waals surface area contributed by atoms with Crippen LogP contribution in [0.25, 0.3) is 0 Å². The van der Waals surface area contributed by atoms with Crippen molar-refractivity contribution < 1.29 is 0 Å². The predicted octanol–water partition coefficient (Wildman–Crippen LogP) is 1.05. The average molecular weight is 193 g/mol. The molecule has 0 radical (unpaired) electrons. The molecule has 0 heterocycles. The molecule has 0 atom stereocenters. The lowest BCUT2D eigenvalue weighted by atomic mass is 9.96. The molecule has 11 heavy (non-hydrogen) atoms. The Balaban J connectivity index is 2.30. The van der Waals surface area contributed by atoms with Gasteiger partial charge in [-0.2, -0.15) is 0 Å². The van der Waals surface area contributed by atoms with E-state index in [9.17, 15) is 0 Å². The zero-order chi connectivity index (χ0) is 8.32. The molecule has 5 heteroatoms. The Morgan fingerprint density at radius 2 is 1.73 bits per heavy atom. The van der Waals surface area contributed by atoms with Crippen molar-refractivity contribution >= 4 is 18.3 Å². The van der Waals surface area contributed by atoms with Gasteiger partial charge in [0.05, 0.1) is 0 Å². The van der Waals surface area contributed by atoms with Crippen molar-refractivity contribution in [2.75, 3.05) is 0 Å². The van der Waals surface area contributed by atoms with Gasteiger partial charge in [-0.3, -0.25) is 16.1 Å². The summed E-state index contributed by atoms with van der Waals surface area (Å²) in [7, 11) is 0. The van der Waals surface area contributed by atoms with E-state index in [1.807, 2.05) is 0 Å². The fraction of sp³-hybridized carbons (Fsp3) is 1.00. The minimum absolute atomic E-state index is 0.490. The fourth-order valence-corrected chi connectivity index (χ4v) is 2.79. The molecule has 0 spiro atoms. The maximum atomic E-state index is 5.56. The first-order valence-corrected chi connectivity index (χ1v) is 6.97. The van der Waals surface area contributed by atoms with Crippen molar-refractivity contribution in [3.05, 3.63) is 0 Å². The molecule has 0 saturated heterocycles. The van der Waals surface area contributed by atoms with Crippen LogP contribution in [0.2, 0.25) is 0 Å². The standard InChI is InChI=1S/C6H16N3PS/c7-10(8,11)9-6-4-2-1-3-5-6/h6H,1-5H2,(H5,7,8,9,11). The zero-order valence-corrected chi connectivity index (χ0v) is 8.33. The fourth-order valence-electron chi connectivity index (χ4n) is 1.52. The predicted molar refractivity (Wildman–Crippen MR) is 52.7 cm³/mol. The quantitative estimate of drug-likeness (QED) is 0.574. The van der Waals surface area contributed by atoms with Crippen LogP contribution in [-0.4, -0.2) is 6.04 Å². The molecule has 0 aromatic heterocycles. The van der Waals surface area contributed by atoms with Crippen LogP contribution >= 0.6 is 6.49 Å². The summed E-state index contributed by atoms with van der Waals surface area (Å²) in [6, 6.07) is 0.490. The van der Waals surface area contributed by atoms with Gasteiger partial charge in [-0.1, -0.05) is 19.3 Å². The van der Waals surface area contributed by atoms with Crippen LogP contribution in [0.15, 0.2) is 0 Å². The van der Waals surface area contributed by atoms with Crippen molar-refractivity contribution in [1.82, 2.24) is 5.09 Å². The molecule has 3 nitrogen and oxygen atoms in total. The van der Waals surface area contributed by atoms with Gasteiger partial charge in [0.2, 0.25) is 0 Å². The highest BCUT2D eigenvalue weighted by Crippen LogP contribution is 2.26. The Morgan fingerprint density at radius 1 is 1.18 bits per heavy atom. The minimum Gasteiger partial charge on any atom is -0.280 e. The molecule has 1 aliphatic carbocycles. The van der Waals surface area contributed by atoms with Crippen molar-refractivity contribution in [3.63, 3.8) is 0 Å². The average Bonchev–Trinajstić information content (AvgIpc) is 1.85. The molecule has 1 aliphatic rings. The van der Waals surface area contributed by atoms with Gasteiger partial charge >= 0.3 is 0 Å². The Morgan fingerprint density at radius 3 is 2.18 bits per heavy atom. The second-order valence-electron chi connectivity index (χ2n) is 3.17. The third-order valence-corrected chi connectivity index (χ3v) is 3.07. The van der Waals surface area contributed by atoms with Crippen LogP contribution in [-0.2, 0) is 11.8 Å². The van der Waals surface area contributed by atoms with Crippen LogP contribution in [0.5, 0.6) is 0 Å². The Bertz CT molecular complexity index is 161. The summed E-state index contributed by atoms with van der Waals surface area (Å²) in [6.45, 7) is -2.15. The number of nitrogens with two attached hydrogens (primary N) is 2. The van der Waals surface area contributed by atoms with Crippen molar-refractivity contribution in [3.8, 4) is 0 Å². The summed E-state index contributed by atoms with van der Waals surface area (Å²) >= 11 is 4.92. The molecule has 0 unspecified atom stereocenters. The minimum atomic E-state index is -2.15. The molecule has 0 aromatic carbocycles. The lowest BCUT2D eigenvalue weighted by molar-refractivity contribution is 0.420. The Hall–Kier alpha value is 0.530. The molecule has 1 saturated carbocycles. The molecular formula is C6H16N3PS. The van der Waals surface area contributed by atoms with E-state index in [2.05, 4.69) is 5.09 Å². The van der Waals surface area contributed by atoms with Gasteiger partial charge in [0.1, 0.15) is 6.49 Å². The number of hydrogen-bond donors (Lipinski definition) is 3. The molecule has 1 rings (SSSR count). The van der Waals surface area contributed by atoms with E-state index in [1.54, 1.807) is 0 Å². The summed E-state index contributed by atoms with van der Waals surface area (Å²) in [4.78, 5) is 0. The molecule has 5 N–H and O–H groups in total. The molecular weight excluding hydrogens is 177 g/mol. The molecule has 0 amide bonds. The Kier molecular flexibility index (Phi) is 3.47. The third kappa shape index (κ3) is 4.19. The van der Waals surface area contributed by atoms with Gasteiger partial charge in [0.15, 0.2) is 0 Å². The molecule has 66 valence electrons. The molecule has 0 aromatic rings. The smallest absolute Gasteiger partial charge is 0.132 e. The topological polar surface area (TPSA) is 64.1 Å². The summed E-state index contributed by atoms with van der Waals surface area (Å²) in [5, 5.41) is 3.14. The van der Waals surface area contributed by atoms with Crippen molar-refractivity contribution in [1.29, 1.82) is 0 Å². The lowest BCUT2D eigenvalue weighted by Crippen LogP contribution is -2.33. The summed E-state index contributed by atoms with van der Waals surface area (Å²) in [5.74, 6) is 0. The van der Waals surface area contributed by atoms with E-state index in [4.69, 9.17) is 22.8 Å². The number of rotatable bonds is 2. The van der Waals surface area contributed by atoms with Gasteiger partial charge in [0, 0.05) is 6.04 Å².